The minimum atomic E-state index is 0.0737. The fourth-order valence-corrected chi connectivity index (χ4v) is 3.71. The molecule has 2 nitrogen and oxygen atoms in total. The highest BCUT2D eigenvalue weighted by molar-refractivity contribution is 6.37. The highest BCUT2D eigenvalue weighted by Gasteiger charge is 2.13. The van der Waals surface area contributed by atoms with Gasteiger partial charge in [-0.3, -0.25) is 0 Å². The van der Waals surface area contributed by atoms with Gasteiger partial charge >= 0.3 is 0 Å². The molecule has 1 atom stereocenters. The average molecular weight is 201 g/mol. The van der Waals surface area contributed by atoms with Gasteiger partial charge in [-0.15, -0.1) is 0 Å². The zero-order chi connectivity index (χ0) is 9.52. The first-order valence-corrected chi connectivity index (χ1v) is 7.37. The lowest BCUT2D eigenvalue weighted by molar-refractivity contribution is 0.0649. The largest absolute Gasteiger partial charge is 0.382 e. The van der Waals surface area contributed by atoms with Crippen LogP contribution in [0.4, 0.5) is 0 Å². The Kier molecular flexibility index (Phi) is 5.67. The summed E-state index contributed by atoms with van der Waals surface area (Å²) in [7, 11) is 4.38. The van der Waals surface area contributed by atoms with E-state index in [1.807, 2.05) is 0 Å². The molecule has 1 saturated heterocycles. The molecule has 0 aromatic carbocycles. The number of ether oxygens (including phenoxy) is 1. The van der Waals surface area contributed by atoms with Gasteiger partial charge in [0.15, 0.2) is 0 Å². The first-order chi connectivity index (χ1) is 6.29. The van der Waals surface area contributed by atoms with Gasteiger partial charge in [0.2, 0.25) is 0 Å². The molecule has 0 aromatic heterocycles. The van der Waals surface area contributed by atoms with Crippen LogP contribution < -0.4 is 0 Å². The van der Waals surface area contributed by atoms with Crippen molar-refractivity contribution in [1.82, 2.24) is 4.90 Å². The Morgan fingerprint density at radius 1 is 1.38 bits per heavy atom. The van der Waals surface area contributed by atoms with E-state index < -0.39 is 0 Å². The number of rotatable bonds is 5. The minimum Gasteiger partial charge on any atom is -0.382 e. The summed E-state index contributed by atoms with van der Waals surface area (Å²) in [5.41, 5.74) is 0.718. The molecule has 78 valence electrons. The van der Waals surface area contributed by atoms with Crippen molar-refractivity contribution in [3.63, 3.8) is 0 Å². The number of hydrogen-bond acceptors (Lipinski definition) is 2. The van der Waals surface area contributed by atoms with E-state index in [4.69, 9.17) is 4.74 Å². The molecule has 0 spiro atoms. The molecular weight excluding hydrogens is 178 g/mol. The molecule has 3 heteroatoms. The summed E-state index contributed by atoms with van der Waals surface area (Å²) in [5.74, 6) is 0. The van der Waals surface area contributed by atoms with Gasteiger partial charge in [0, 0.05) is 12.3 Å². The standard InChI is InChI=1S/C10H23NOSi/c1-11(2)7-5-9-13-10-6-3-4-8-12-10/h10H,3-9,13H2,1-2H3. The van der Waals surface area contributed by atoms with E-state index in [1.54, 1.807) is 0 Å². The summed E-state index contributed by atoms with van der Waals surface area (Å²) in [4.78, 5) is 2.27. The Morgan fingerprint density at radius 2 is 2.23 bits per heavy atom. The van der Waals surface area contributed by atoms with E-state index in [9.17, 15) is 0 Å². The van der Waals surface area contributed by atoms with Crippen molar-refractivity contribution >= 4 is 9.52 Å². The van der Waals surface area contributed by atoms with Crippen molar-refractivity contribution in [2.45, 2.75) is 37.5 Å². The first-order valence-electron chi connectivity index (χ1n) is 5.55. The number of nitrogens with zero attached hydrogens (tertiary/aromatic N) is 1. The third-order valence-electron chi connectivity index (χ3n) is 2.66. The Bertz CT molecular complexity index is 124. The van der Waals surface area contributed by atoms with Crippen LogP contribution in [0.2, 0.25) is 6.04 Å². The van der Waals surface area contributed by atoms with Crippen LogP contribution in [0.1, 0.15) is 25.7 Å². The molecular formula is C10H23NOSi. The molecule has 0 N–H and O–H groups in total. The zero-order valence-corrected chi connectivity index (χ0v) is 10.5. The second kappa shape index (κ2) is 6.57. The minimum absolute atomic E-state index is 0.0737. The highest BCUT2D eigenvalue weighted by Crippen LogP contribution is 2.12. The number of hydrogen-bond donors (Lipinski definition) is 0. The second-order valence-electron chi connectivity index (χ2n) is 4.29. The summed E-state index contributed by atoms with van der Waals surface area (Å²) in [5, 5.41) is 0. The summed E-state index contributed by atoms with van der Waals surface area (Å²) in [6, 6.07) is 1.46. The van der Waals surface area contributed by atoms with Crippen molar-refractivity contribution in [2.75, 3.05) is 27.2 Å². The van der Waals surface area contributed by atoms with E-state index in [2.05, 4.69) is 19.0 Å². The molecule has 0 saturated carbocycles. The molecule has 1 aliphatic heterocycles. The van der Waals surface area contributed by atoms with Crippen molar-refractivity contribution in [3.05, 3.63) is 0 Å². The van der Waals surface area contributed by atoms with Crippen molar-refractivity contribution in [1.29, 1.82) is 0 Å². The lowest BCUT2D eigenvalue weighted by Gasteiger charge is -2.22. The lowest BCUT2D eigenvalue weighted by atomic mass is 10.2. The third-order valence-corrected chi connectivity index (χ3v) is 4.85. The maximum atomic E-state index is 5.73. The Balaban J connectivity index is 1.92. The van der Waals surface area contributed by atoms with E-state index in [0.717, 1.165) is 12.3 Å². The fraction of sp³-hybridized carbons (Fsp3) is 1.00. The second-order valence-corrected chi connectivity index (χ2v) is 6.48. The molecule has 1 rings (SSSR count). The molecule has 1 fully saturated rings. The van der Waals surface area contributed by atoms with Gasteiger partial charge in [0.1, 0.15) is 0 Å². The monoisotopic (exact) mass is 201 g/mol. The fourth-order valence-electron chi connectivity index (χ4n) is 1.84. The van der Waals surface area contributed by atoms with Gasteiger partial charge in [0.25, 0.3) is 0 Å². The van der Waals surface area contributed by atoms with E-state index in [1.165, 1.54) is 38.3 Å². The van der Waals surface area contributed by atoms with E-state index >= 15 is 0 Å². The van der Waals surface area contributed by atoms with Crippen LogP contribution >= 0.6 is 0 Å². The molecule has 0 amide bonds. The molecule has 0 aromatic rings. The van der Waals surface area contributed by atoms with Gasteiger partial charge < -0.3 is 9.64 Å². The van der Waals surface area contributed by atoms with Gasteiger partial charge in [-0.25, -0.2) is 0 Å². The molecule has 0 aliphatic carbocycles. The molecule has 1 unspecified atom stereocenters. The van der Waals surface area contributed by atoms with Crippen LogP contribution in [0.3, 0.4) is 0 Å². The van der Waals surface area contributed by atoms with Gasteiger partial charge in [-0.05, 0) is 46.3 Å². The summed E-state index contributed by atoms with van der Waals surface area (Å²) in [6.45, 7) is 2.28. The maximum absolute atomic E-state index is 5.73. The lowest BCUT2D eigenvalue weighted by Crippen LogP contribution is -2.25. The predicted molar refractivity (Wildman–Crippen MR) is 60.1 cm³/mol. The third kappa shape index (κ3) is 5.44. The molecule has 13 heavy (non-hydrogen) atoms. The van der Waals surface area contributed by atoms with Gasteiger partial charge in [0.05, 0.1) is 9.52 Å². The Morgan fingerprint density at radius 3 is 2.85 bits per heavy atom. The van der Waals surface area contributed by atoms with Crippen LogP contribution in [0.5, 0.6) is 0 Å². The molecule has 1 heterocycles. The molecule has 0 bridgehead atoms. The average Bonchev–Trinajstić information content (AvgIpc) is 2.14. The van der Waals surface area contributed by atoms with Gasteiger partial charge in [-0.2, -0.15) is 0 Å². The maximum Gasteiger partial charge on any atom is 0.0556 e. The normalized spacial score (nSPS) is 24.7. The van der Waals surface area contributed by atoms with Crippen LogP contribution in [-0.2, 0) is 4.74 Å². The Labute approximate surface area is 84.5 Å². The summed E-state index contributed by atoms with van der Waals surface area (Å²) < 4.78 is 5.73. The smallest absolute Gasteiger partial charge is 0.0556 e. The molecule has 0 radical (unpaired) electrons. The van der Waals surface area contributed by atoms with Crippen LogP contribution in [0, 0.1) is 0 Å². The van der Waals surface area contributed by atoms with Crippen molar-refractivity contribution in [3.8, 4) is 0 Å². The van der Waals surface area contributed by atoms with Crippen molar-refractivity contribution < 1.29 is 4.74 Å². The van der Waals surface area contributed by atoms with Crippen LogP contribution in [-0.4, -0.2) is 47.4 Å². The quantitative estimate of drug-likeness (QED) is 0.487. The van der Waals surface area contributed by atoms with Gasteiger partial charge in [-0.1, -0.05) is 6.04 Å². The van der Waals surface area contributed by atoms with Crippen molar-refractivity contribution in [2.24, 2.45) is 0 Å². The van der Waals surface area contributed by atoms with Crippen LogP contribution in [0.25, 0.3) is 0 Å². The van der Waals surface area contributed by atoms with Crippen LogP contribution in [0.15, 0.2) is 0 Å². The molecule has 1 aliphatic rings. The summed E-state index contributed by atoms with van der Waals surface area (Å²) >= 11 is 0. The highest BCUT2D eigenvalue weighted by atomic mass is 28.2. The van der Waals surface area contributed by atoms with E-state index in [0.29, 0.717) is 0 Å². The predicted octanol–water partition coefficient (Wildman–Crippen LogP) is 1.05. The zero-order valence-electron chi connectivity index (χ0n) is 9.09. The Hall–Kier alpha value is 0.137. The summed E-state index contributed by atoms with van der Waals surface area (Å²) in [6.07, 6.45) is 5.43. The first kappa shape index (κ1) is 11.2. The van der Waals surface area contributed by atoms with E-state index in [-0.39, 0.29) is 9.52 Å². The topological polar surface area (TPSA) is 12.5 Å². The SMILES string of the molecule is CN(C)CCC[SiH2]C1CCCCO1.